The van der Waals surface area contributed by atoms with Gasteiger partial charge in [0.2, 0.25) is 0 Å². The molecule has 10 heteroatoms. The number of rotatable bonds is 7. The first-order valence-electron chi connectivity index (χ1n) is 13.5. The van der Waals surface area contributed by atoms with Crippen LogP contribution in [0, 0.1) is 5.41 Å². The van der Waals surface area contributed by atoms with Gasteiger partial charge in [-0.3, -0.25) is 4.79 Å². The van der Waals surface area contributed by atoms with Gasteiger partial charge in [0.15, 0.2) is 5.82 Å². The van der Waals surface area contributed by atoms with Crippen LogP contribution in [0.3, 0.4) is 0 Å². The summed E-state index contributed by atoms with van der Waals surface area (Å²) >= 11 is 0. The van der Waals surface area contributed by atoms with E-state index < -0.39 is 11.2 Å². The van der Waals surface area contributed by atoms with Crippen LogP contribution in [0.25, 0.3) is 0 Å². The Kier molecular flexibility index (Phi) is 6.44. The highest BCUT2D eigenvalue weighted by Gasteiger charge is 2.53. The average molecular weight is 525 g/mol. The number of pyridine rings is 1. The lowest BCUT2D eigenvalue weighted by Gasteiger charge is -2.57. The summed E-state index contributed by atoms with van der Waals surface area (Å²) in [5, 5.41) is 19.9. The molecule has 2 amide bonds. The second kappa shape index (κ2) is 9.25. The van der Waals surface area contributed by atoms with E-state index >= 15 is 0 Å². The van der Waals surface area contributed by atoms with E-state index in [1.807, 2.05) is 38.6 Å². The Morgan fingerprint density at radius 3 is 2.32 bits per heavy atom. The summed E-state index contributed by atoms with van der Waals surface area (Å²) in [5.41, 5.74) is -0.552. The fraction of sp³-hybridized carbons (Fsp3) is 0.643. The molecular weight excluding hydrogens is 484 g/mol. The van der Waals surface area contributed by atoms with Gasteiger partial charge in [-0.15, -0.1) is 0 Å². The number of aryl methyl sites for hydroxylation is 1. The minimum absolute atomic E-state index is 0.127. The zero-order chi connectivity index (χ0) is 27.5. The van der Waals surface area contributed by atoms with Crippen molar-refractivity contribution >= 4 is 23.6 Å². The maximum Gasteiger partial charge on any atom is 0.407 e. The summed E-state index contributed by atoms with van der Waals surface area (Å²) in [6.07, 6.45) is 7.43. The third-order valence-corrected chi connectivity index (χ3v) is 7.64. The van der Waals surface area contributed by atoms with Crippen molar-refractivity contribution in [2.75, 3.05) is 10.6 Å². The molecule has 1 spiro atoms. The summed E-state index contributed by atoms with van der Waals surface area (Å²) in [5.74, 6) is 2.17. The predicted octanol–water partition coefficient (Wildman–Crippen LogP) is 4.42. The van der Waals surface area contributed by atoms with Gasteiger partial charge in [0.05, 0.1) is 11.3 Å². The van der Waals surface area contributed by atoms with Gasteiger partial charge in [-0.1, -0.05) is 0 Å². The van der Waals surface area contributed by atoms with Crippen LogP contribution in [-0.4, -0.2) is 49.3 Å². The zero-order valence-corrected chi connectivity index (χ0v) is 23.2. The lowest BCUT2D eigenvalue weighted by atomic mass is 9.52. The average Bonchev–Trinajstić information content (AvgIpc) is 3.51. The molecule has 0 atom stereocenters. The molecule has 0 radical (unpaired) electrons. The molecule has 3 fully saturated rings. The van der Waals surface area contributed by atoms with E-state index in [4.69, 9.17) is 4.74 Å². The molecule has 2 aromatic rings. The van der Waals surface area contributed by atoms with Crippen LogP contribution in [0.1, 0.15) is 101 Å². The largest absolute Gasteiger partial charge is 0.444 e. The molecule has 3 aliphatic rings. The van der Waals surface area contributed by atoms with Crippen LogP contribution in [0.15, 0.2) is 18.3 Å². The summed E-state index contributed by atoms with van der Waals surface area (Å²) in [6.45, 7) is 8.92. The van der Waals surface area contributed by atoms with Crippen molar-refractivity contribution < 1.29 is 19.4 Å². The number of nitrogens with one attached hydrogen (secondary N) is 3. The normalized spacial score (nSPS) is 24.8. The number of amides is 2. The van der Waals surface area contributed by atoms with E-state index in [9.17, 15) is 14.7 Å². The number of alkyl carbamates (subject to hydrolysis) is 1. The molecule has 10 nitrogen and oxygen atoms in total. The summed E-state index contributed by atoms with van der Waals surface area (Å²) in [7, 11) is 1.95. The summed E-state index contributed by atoms with van der Waals surface area (Å²) in [4.78, 5) is 34.6. The van der Waals surface area contributed by atoms with Crippen LogP contribution in [-0.2, 0) is 17.4 Å². The van der Waals surface area contributed by atoms with Crippen LogP contribution in [0.5, 0.6) is 0 Å². The van der Waals surface area contributed by atoms with Gasteiger partial charge in [0, 0.05) is 31.2 Å². The van der Waals surface area contributed by atoms with Gasteiger partial charge in [0.1, 0.15) is 22.8 Å². The molecule has 4 N–H and O–H groups in total. The first-order chi connectivity index (χ1) is 17.7. The highest BCUT2D eigenvalue weighted by atomic mass is 16.6. The van der Waals surface area contributed by atoms with Crippen molar-refractivity contribution in [2.45, 2.75) is 102 Å². The van der Waals surface area contributed by atoms with Crippen molar-refractivity contribution in [1.82, 2.24) is 19.9 Å². The number of hydrogen-bond donors (Lipinski definition) is 4. The molecule has 0 unspecified atom stereocenters. The van der Waals surface area contributed by atoms with E-state index in [1.165, 1.54) is 0 Å². The molecule has 206 valence electrons. The molecule has 0 bridgehead atoms. The molecule has 3 saturated carbocycles. The smallest absolute Gasteiger partial charge is 0.407 e. The molecular formula is C28H40N6O4. The first kappa shape index (κ1) is 26.5. The van der Waals surface area contributed by atoms with E-state index in [-0.39, 0.29) is 29.5 Å². The monoisotopic (exact) mass is 524 g/mol. The van der Waals surface area contributed by atoms with Gasteiger partial charge in [-0.2, -0.15) is 0 Å². The third-order valence-electron chi connectivity index (χ3n) is 7.64. The van der Waals surface area contributed by atoms with Gasteiger partial charge in [-0.05, 0) is 90.7 Å². The van der Waals surface area contributed by atoms with Crippen LogP contribution in [0.2, 0.25) is 0 Å². The molecule has 2 aromatic heterocycles. The van der Waals surface area contributed by atoms with E-state index in [1.54, 1.807) is 26.0 Å². The number of hydrogen-bond acceptors (Lipinski definition) is 7. The van der Waals surface area contributed by atoms with Gasteiger partial charge >= 0.3 is 6.09 Å². The minimum atomic E-state index is -1.14. The number of aromatic nitrogens is 3. The maximum absolute atomic E-state index is 13.3. The van der Waals surface area contributed by atoms with Gasteiger partial charge in [-0.25, -0.2) is 14.8 Å². The Hall–Kier alpha value is -3.14. The molecule has 0 saturated heterocycles. The van der Waals surface area contributed by atoms with E-state index in [0.29, 0.717) is 28.8 Å². The van der Waals surface area contributed by atoms with Crippen LogP contribution >= 0.6 is 0 Å². The Morgan fingerprint density at radius 2 is 1.71 bits per heavy atom. The van der Waals surface area contributed by atoms with Crippen LogP contribution < -0.4 is 16.0 Å². The zero-order valence-electron chi connectivity index (χ0n) is 23.2. The van der Waals surface area contributed by atoms with Gasteiger partial charge in [0.25, 0.3) is 5.91 Å². The molecule has 0 aromatic carbocycles. The number of carbonyl (C=O) groups is 2. The number of ether oxygens (including phenoxy) is 1. The standard InChI is InChI=1S/C28H40N6O4/c1-26(2,3)38-25(36)30-18-13-28(14-18)11-17(12-28)29-22-19(9-10-20(31-22)27(4,5)37)24(35)33-21-15-34(6)23(32-21)16-7-8-16/h9-10,15-18,37H,7-8,11-14H2,1-6H3,(H,29,31)(H,30,36)(H,33,35). The fourth-order valence-electron chi connectivity index (χ4n) is 5.71. The Labute approximate surface area is 224 Å². The van der Waals surface area contributed by atoms with Crippen molar-refractivity contribution in [2.24, 2.45) is 12.5 Å². The van der Waals surface area contributed by atoms with Crippen LogP contribution in [0.4, 0.5) is 16.4 Å². The van der Waals surface area contributed by atoms with E-state index in [0.717, 1.165) is 44.3 Å². The lowest BCUT2D eigenvalue weighted by Crippen LogP contribution is -2.59. The second-order valence-corrected chi connectivity index (χ2v) is 13.0. The molecule has 0 aliphatic heterocycles. The van der Waals surface area contributed by atoms with Crippen molar-refractivity contribution in [3.05, 3.63) is 35.4 Å². The quantitative estimate of drug-likeness (QED) is 0.422. The predicted molar refractivity (Wildman–Crippen MR) is 144 cm³/mol. The maximum atomic E-state index is 13.3. The van der Waals surface area contributed by atoms with Gasteiger partial charge < -0.3 is 30.4 Å². The third kappa shape index (κ3) is 5.80. The second-order valence-electron chi connectivity index (χ2n) is 13.0. The first-order valence-corrected chi connectivity index (χ1v) is 13.5. The Balaban J connectivity index is 1.22. The van der Waals surface area contributed by atoms with E-state index in [2.05, 4.69) is 25.9 Å². The Bertz CT molecular complexity index is 1220. The number of aliphatic hydroxyl groups is 1. The number of nitrogens with zero attached hydrogens (tertiary/aromatic N) is 3. The molecule has 5 rings (SSSR count). The van der Waals surface area contributed by atoms with Crippen molar-refractivity contribution in [1.29, 1.82) is 0 Å². The topological polar surface area (TPSA) is 130 Å². The number of imidazole rings is 1. The lowest BCUT2D eigenvalue weighted by molar-refractivity contribution is -0.0179. The summed E-state index contributed by atoms with van der Waals surface area (Å²) < 4.78 is 7.34. The summed E-state index contributed by atoms with van der Waals surface area (Å²) in [6, 6.07) is 3.68. The highest BCUT2D eigenvalue weighted by molar-refractivity contribution is 6.07. The molecule has 3 aliphatic carbocycles. The molecule has 38 heavy (non-hydrogen) atoms. The van der Waals surface area contributed by atoms with Crippen molar-refractivity contribution in [3.63, 3.8) is 0 Å². The number of carbonyl (C=O) groups excluding carboxylic acids is 2. The Morgan fingerprint density at radius 1 is 1.05 bits per heavy atom. The minimum Gasteiger partial charge on any atom is -0.444 e. The van der Waals surface area contributed by atoms with Crippen molar-refractivity contribution in [3.8, 4) is 0 Å². The SMILES string of the molecule is Cn1cc(NC(=O)c2ccc(C(C)(C)O)nc2NC2CC3(CC(NC(=O)OC(C)(C)C)C3)C2)nc1C1CC1. The molecule has 2 heterocycles. The number of anilines is 2. The highest BCUT2D eigenvalue weighted by Crippen LogP contribution is 2.56. The fourth-order valence-corrected chi connectivity index (χ4v) is 5.71.